The molecule has 3 aromatic rings. The van der Waals surface area contributed by atoms with E-state index in [1.54, 1.807) is 0 Å². The first kappa shape index (κ1) is 10.7. The van der Waals surface area contributed by atoms with E-state index in [1.807, 2.05) is 24.3 Å². The molecule has 0 saturated heterocycles. The normalized spacial score (nSPS) is 10.9. The van der Waals surface area contributed by atoms with Gasteiger partial charge in [0.1, 0.15) is 5.00 Å². The zero-order valence-corrected chi connectivity index (χ0v) is 9.89. The first-order valence-electron chi connectivity index (χ1n) is 5.10. The summed E-state index contributed by atoms with van der Waals surface area (Å²) in [6.07, 6.45) is 1.49. The van der Waals surface area contributed by atoms with E-state index in [0.29, 0.717) is 0 Å². The first-order chi connectivity index (χ1) is 8.66. The second-order valence-corrected chi connectivity index (χ2v) is 4.44. The van der Waals surface area contributed by atoms with Crippen molar-refractivity contribution in [2.75, 3.05) is 5.73 Å². The van der Waals surface area contributed by atoms with Crippen molar-refractivity contribution in [2.45, 2.75) is 0 Å². The molecule has 0 aliphatic carbocycles. The van der Waals surface area contributed by atoms with Gasteiger partial charge in [0.15, 0.2) is 5.69 Å². The van der Waals surface area contributed by atoms with Gasteiger partial charge >= 0.3 is 5.97 Å². The zero-order valence-electron chi connectivity index (χ0n) is 9.07. The number of carboxylic acids is 1. The van der Waals surface area contributed by atoms with Crippen molar-refractivity contribution in [2.24, 2.45) is 0 Å². The standard InChI is InChI=1S/C11H8N4O2S/c12-7-5-15(13-9(7)11(16)17)10-6-3-1-2-4-8(6)14-18-10/h1-5H,12H2,(H,16,17). The number of aromatic carboxylic acids is 1. The number of carbonyl (C=O) groups is 1. The van der Waals surface area contributed by atoms with E-state index in [9.17, 15) is 4.79 Å². The number of nitrogens with two attached hydrogens (primary N) is 1. The minimum absolute atomic E-state index is 0.139. The summed E-state index contributed by atoms with van der Waals surface area (Å²) < 4.78 is 5.73. The summed E-state index contributed by atoms with van der Waals surface area (Å²) in [7, 11) is 0. The van der Waals surface area contributed by atoms with Gasteiger partial charge in [-0.15, -0.1) is 0 Å². The van der Waals surface area contributed by atoms with Crippen LogP contribution >= 0.6 is 11.5 Å². The van der Waals surface area contributed by atoms with Gasteiger partial charge in [0.25, 0.3) is 0 Å². The maximum atomic E-state index is 10.9. The first-order valence-corrected chi connectivity index (χ1v) is 5.87. The Morgan fingerprint density at radius 1 is 1.39 bits per heavy atom. The Kier molecular flexibility index (Phi) is 2.27. The van der Waals surface area contributed by atoms with Crippen LogP contribution in [0.4, 0.5) is 5.69 Å². The van der Waals surface area contributed by atoms with Gasteiger partial charge in [-0.2, -0.15) is 9.47 Å². The van der Waals surface area contributed by atoms with Crippen molar-refractivity contribution in [3.8, 4) is 5.00 Å². The topological polar surface area (TPSA) is 94.0 Å². The quantitative estimate of drug-likeness (QED) is 0.732. The van der Waals surface area contributed by atoms with Crippen molar-refractivity contribution < 1.29 is 9.90 Å². The lowest BCUT2D eigenvalue weighted by Gasteiger charge is -1.95. The van der Waals surface area contributed by atoms with Crippen LogP contribution in [0.3, 0.4) is 0 Å². The minimum Gasteiger partial charge on any atom is -0.476 e. The second-order valence-electron chi connectivity index (χ2n) is 3.69. The third-order valence-electron chi connectivity index (χ3n) is 2.52. The van der Waals surface area contributed by atoms with E-state index < -0.39 is 5.97 Å². The van der Waals surface area contributed by atoms with Crippen molar-refractivity contribution in [3.05, 3.63) is 36.2 Å². The fourth-order valence-corrected chi connectivity index (χ4v) is 2.49. The van der Waals surface area contributed by atoms with Crippen LogP contribution in [0, 0.1) is 0 Å². The molecule has 0 aliphatic heterocycles. The van der Waals surface area contributed by atoms with Gasteiger partial charge in [0, 0.05) is 5.39 Å². The average Bonchev–Trinajstić information content (AvgIpc) is 2.92. The molecule has 0 saturated carbocycles. The zero-order chi connectivity index (χ0) is 12.7. The molecule has 0 aliphatic rings. The molecule has 0 atom stereocenters. The smallest absolute Gasteiger partial charge is 0.358 e. The average molecular weight is 260 g/mol. The number of carboxylic acid groups (broad SMARTS) is 1. The van der Waals surface area contributed by atoms with Crippen LogP contribution in [0.25, 0.3) is 15.9 Å². The van der Waals surface area contributed by atoms with E-state index >= 15 is 0 Å². The number of hydrogen-bond donors (Lipinski definition) is 2. The van der Waals surface area contributed by atoms with Gasteiger partial charge in [0.2, 0.25) is 0 Å². The molecule has 3 rings (SSSR count). The number of aromatic nitrogens is 3. The molecule has 18 heavy (non-hydrogen) atoms. The van der Waals surface area contributed by atoms with Gasteiger partial charge in [0.05, 0.1) is 17.4 Å². The highest BCUT2D eigenvalue weighted by molar-refractivity contribution is 7.10. The van der Waals surface area contributed by atoms with Crippen LogP contribution in [0.5, 0.6) is 0 Å². The van der Waals surface area contributed by atoms with Crippen molar-refractivity contribution in [1.82, 2.24) is 14.2 Å². The minimum atomic E-state index is -1.14. The summed E-state index contributed by atoms with van der Waals surface area (Å²) >= 11 is 1.25. The summed E-state index contributed by atoms with van der Waals surface area (Å²) in [5.41, 5.74) is 6.46. The van der Waals surface area contributed by atoms with Crippen LogP contribution in [-0.2, 0) is 0 Å². The predicted molar refractivity (Wildman–Crippen MR) is 68.1 cm³/mol. The summed E-state index contributed by atoms with van der Waals surface area (Å²) in [4.78, 5) is 10.9. The van der Waals surface area contributed by atoms with Crippen molar-refractivity contribution in [3.63, 3.8) is 0 Å². The van der Waals surface area contributed by atoms with Gasteiger partial charge in [-0.1, -0.05) is 12.1 Å². The van der Waals surface area contributed by atoms with E-state index in [0.717, 1.165) is 15.9 Å². The Morgan fingerprint density at radius 2 is 2.17 bits per heavy atom. The molecule has 1 aromatic carbocycles. The fraction of sp³-hybridized carbons (Fsp3) is 0. The Hall–Kier alpha value is -2.41. The molecule has 7 heteroatoms. The Balaban J connectivity index is 2.20. The highest BCUT2D eigenvalue weighted by atomic mass is 32.1. The van der Waals surface area contributed by atoms with Crippen LogP contribution in [0.1, 0.15) is 10.5 Å². The summed E-state index contributed by atoms with van der Waals surface area (Å²) in [5, 5.41) is 14.6. The molecule has 0 fully saturated rings. The van der Waals surface area contributed by atoms with Gasteiger partial charge in [-0.05, 0) is 23.7 Å². The number of fused-ring (bicyclic) bond motifs is 1. The van der Waals surface area contributed by atoms with Crippen molar-refractivity contribution >= 4 is 34.1 Å². The Labute approximate surface area is 105 Å². The lowest BCUT2D eigenvalue weighted by atomic mass is 10.2. The molecule has 0 radical (unpaired) electrons. The number of hydrogen-bond acceptors (Lipinski definition) is 5. The highest BCUT2D eigenvalue weighted by Gasteiger charge is 2.16. The second kappa shape index (κ2) is 3.81. The number of anilines is 1. The molecule has 3 N–H and O–H groups in total. The lowest BCUT2D eigenvalue weighted by Crippen LogP contribution is -2.02. The Morgan fingerprint density at radius 3 is 2.89 bits per heavy atom. The van der Waals surface area contributed by atoms with Crippen LogP contribution < -0.4 is 5.73 Å². The molecule has 0 amide bonds. The fourth-order valence-electron chi connectivity index (χ4n) is 1.70. The summed E-state index contributed by atoms with van der Waals surface area (Å²) in [5.74, 6) is -1.14. The number of nitrogens with zero attached hydrogens (tertiary/aromatic N) is 3. The molecule has 0 unspecified atom stereocenters. The molecule has 2 heterocycles. The number of benzene rings is 1. The highest BCUT2D eigenvalue weighted by Crippen LogP contribution is 2.26. The molecular weight excluding hydrogens is 252 g/mol. The number of nitrogen functional groups attached to an aromatic ring is 1. The molecule has 2 aromatic heterocycles. The Bertz CT molecular complexity index is 746. The number of rotatable bonds is 2. The van der Waals surface area contributed by atoms with Crippen molar-refractivity contribution in [1.29, 1.82) is 0 Å². The van der Waals surface area contributed by atoms with Gasteiger partial charge in [-0.3, -0.25) is 0 Å². The molecule has 90 valence electrons. The maximum absolute atomic E-state index is 10.9. The lowest BCUT2D eigenvalue weighted by molar-refractivity contribution is 0.0691. The predicted octanol–water partition coefficient (Wildman–Crippen LogP) is 1.76. The summed E-state index contributed by atoms with van der Waals surface area (Å²) in [6, 6.07) is 7.59. The maximum Gasteiger partial charge on any atom is 0.358 e. The third kappa shape index (κ3) is 1.52. The van der Waals surface area contributed by atoms with E-state index in [2.05, 4.69) is 9.47 Å². The van der Waals surface area contributed by atoms with E-state index in [-0.39, 0.29) is 11.4 Å². The molecular formula is C11H8N4O2S. The van der Waals surface area contributed by atoms with E-state index in [1.165, 1.54) is 22.4 Å². The largest absolute Gasteiger partial charge is 0.476 e. The summed E-state index contributed by atoms with van der Waals surface area (Å²) in [6.45, 7) is 0. The molecule has 0 spiro atoms. The molecule has 6 nitrogen and oxygen atoms in total. The molecule has 0 bridgehead atoms. The van der Waals surface area contributed by atoms with Gasteiger partial charge < -0.3 is 10.8 Å². The van der Waals surface area contributed by atoms with Crippen LogP contribution in [0.15, 0.2) is 30.5 Å². The van der Waals surface area contributed by atoms with E-state index in [4.69, 9.17) is 10.8 Å². The monoisotopic (exact) mass is 260 g/mol. The SMILES string of the molecule is Nc1cn(-c2snc3ccccc23)nc1C(=O)O. The van der Waals surface area contributed by atoms with Crippen LogP contribution in [0.2, 0.25) is 0 Å². The third-order valence-corrected chi connectivity index (χ3v) is 3.39. The van der Waals surface area contributed by atoms with Crippen LogP contribution in [-0.4, -0.2) is 25.2 Å². The van der Waals surface area contributed by atoms with Gasteiger partial charge in [-0.25, -0.2) is 9.48 Å².